The van der Waals surface area contributed by atoms with E-state index in [2.05, 4.69) is 32.9 Å². The van der Waals surface area contributed by atoms with Crippen LogP contribution in [0.4, 0.5) is 5.95 Å². The third-order valence-electron chi connectivity index (χ3n) is 8.56. The van der Waals surface area contributed by atoms with Crippen LogP contribution in [0.3, 0.4) is 0 Å². The molecule has 1 unspecified atom stereocenters. The first-order valence-corrected chi connectivity index (χ1v) is 15.8. The zero-order valence-corrected chi connectivity index (χ0v) is 24.7. The maximum atomic E-state index is 12.3. The van der Waals surface area contributed by atoms with Crippen LogP contribution in [0.1, 0.15) is 95.6 Å². The maximum absolute atomic E-state index is 12.3. The van der Waals surface area contributed by atoms with Crippen LogP contribution in [-0.4, -0.2) is 50.5 Å². The molecule has 1 atom stereocenters. The molecule has 0 aromatic carbocycles. The highest BCUT2D eigenvalue weighted by Gasteiger charge is 2.27. The van der Waals surface area contributed by atoms with Gasteiger partial charge in [0.2, 0.25) is 5.95 Å². The lowest BCUT2D eigenvalue weighted by molar-refractivity contribution is -0.149. The number of rotatable bonds is 12. The average Bonchev–Trinajstić information content (AvgIpc) is 3.69. The van der Waals surface area contributed by atoms with Crippen molar-refractivity contribution < 1.29 is 9.53 Å². The second kappa shape index (κ2) is 14.4. The average molecular weight is 569 g/mol. The first-order valence-electron chi connectivity index (χ1n) is 15.4. The number of hydrogen-bond donors (Lipinski definition) is 2. The van der Waals surface area contributed by atoms with Crippen LogP contribution in [0.2, 0.25) is 5.02 Å². The number of carbonyl (C=O) groups excluding carboxylic acids is 1. The maximum Gasteiger partial charge on any atom is 0.306 e. The van der Waals surface area contributed by atoms with Crippen LogP contribution in [0.5, 0.6) is 0 Å². The van der Waals surface area contributed by atoms with E-state index in [-0.39, 0.29) is 12.1 Å². The highest BCUT2D eigenvalue weighted by molar-refractivity contribution is 6.32. The Hall–Kier alpha value is -2.45. The zero-order chi connectivity index (χ0) is 27.7. The third-order valence-corrected chi connectivity index (χ3v) is 8.83. The number of allylic oxidation sites excluding steroid dienone is 2. The molecule has 2 N–H and O–H groups in total. The Morgan fingerprint density at radius 2 is 1.82 bits per heavy atom. The van der Waals surface area contributed by atoms with Crippen LogP contribution in [0.15, 0.2) is 24.5 Å². The first-order chi connectivity index (χ1) is 19.5. The van der Waals surface area contributed by atoms with Gasteiger partial charge in [0, 0.05) is 36.8 Å². The van der Waals surface area contributed by atoms with Crippen molar-refractivity contribution in [3.63, 3.8) is 0 Å². The van der Waals surface area contributed by atoms with Crippen LogP contribution in [-0.2, 0) is 23.0 Å². The van der Waals surface area contributed by atoms with Gasteiger partial charge in [0.15, 0.2) is 0 Å². The van der Waals surface area contributed by atoms with Gasteiger partial charge in [-0.05, 0) is 102 Å². The molecule has 3 aliphatic rings. The van der Waals surface area contributed by atoms with E-state index >= 15 is 0 Å². The fourth-order valence-electron chi connectivity index (χ4n) is 5.94. The van der Waals surface area contributed by atoms with E-state index in [4.69, 9.17) is 21.3 Å². The summed E-state index contributed by atoms with van der Waals surface area (Å²) in [5.41, 5.74) is 2.98. The summed E-state index contributed by atoms with van der Waals surface area (Å²) in [7, 11) is 1.99. The largest absolute Gasteiger partial charge is 0.462 e. The van der Waals surface area contributed by atoms with E-state index in [9.17, 15) is 4.79 Å². The number of halogens is 1. The minimum atomic E-state index is -0.0311. The summed E-state index contributed by atoms with van der Waals surface area (Å²) in [5, 5.41) is 12.3. The van der Waals surface area contributed by atoms with Crippen molar-refractivity contribution in [2.24, 2.45) is 13.0 Å². The number of esters is 1. The molecule has 218 valence electrons. The molecule has 0 bridgehead atoms. The summed E-state index contributed by atoms with van der Waals surface area (Å²) in [6.45, 7) is 0.947. The molecule has 0 radical (unpaired) electrons. The minimum absolute atomic E-state index is 0.0311. The molecule has 40 heavy (non-hydrogen) atoms. The molecule has 5 rings (SSSR count). The van der Waals surface area contributed by atoms with Crippen LogP contribution >= 0.6 is 11.6 Å². The number of unbranched alkanes of at least 4 members (excludes halogenated alkanes) is 1. The van der Waals surface area contributed by atoms with Gasteiger partial charge in [0.05, 0.1) is 23.1 Å². The molecule has 0 aliphatic heterocycles. The molecule has 2 fully saturated rings. The van der Waals surface area contributed by atoms with E-state index in [0.717, 1.165) is 101 Å². The van der Waals surface area contributed by atoms with Crippen molar-refractivity contribution in [2.75, 3.05) is 11.9 Å². The third kappa shape index (κ3) is 8.53. The van der Waals surface area contributed by atoms with Crippen molar-refractivity contribution in [3.8, 4) is 11.3 Å². The molecule has 2 aromatic rings. The molecular formula is C31H45ClN6O2. The van der Waals surface area contributed by atoms with Gasteiger partial charge in [0.1, 0.15) is 6.10 Å². The van der Waals surface area contributed by atoms with Crippen molar-refractivity contribution >= 4 is 23.5 Å². The van der Waals surface area contributed by atoms with E-state index in [0.29, 0.717) is 29.5 Å². The molecule has 0 spiro atoms. The number of anilines is 1. The summed E-state index contributed by atoms with van der Waals surface area (Å²) < 4.78 is 7.68. The molecule has 3 aliphatic carbocycles. The van der Waals surface area contributed by atoms with Gasteiger partial charge in [0.25, 0.3) is 0 Å². The summed E-state index contributed by atoms with van der Waals surface area (Å²) >= 11 is 6.54. The molecule has 8 nitrogen and oxygen atoms in total. The molecule has 2 aromatic heterocycles. The SMILES string of the molecule is Cn1ncc(-c2nc(NC3CCC(NCCCCC(=O)OC4CC/C=C\CCC4)CC3)ncc2Cl)c1CC1CC1. The Kier molecular flexibility index (Phi) is 10.5. The second-order valence-corrected chi connectivity index (χ2v) is 12.3. The zero-order valence-electron chi connectivity index (χ0n) is 23.9. The summed E-state index contributed by atoms with van der Waals surface area (Å²) in [6.07, 6.45) is 23.7. The Bertz CT molecular complexity index is 1140. The Labute approximate surface area is 243 Å². The first kappa shape index (κ1) is 29.1. The predicted octanol–water partition coefficient (Wildman–Crippen LogP) is 6.40. The van der Waals surface area contributed by atoms with Crippen LogP contribution < -0.4 is 10.6 Å². The second-order valence-electron chi connectivity index (χ2n) is 11.9. The lowest BCUT2D eigenvalue weighted by Gasteiger charge is -2.30. The minimum Gasteiger partial charge on any atom is -0.462 e. The fraction of sp³-hybridized carbons (Fsp3) is 0.677. The monoisotopic (exact) mass is 568 g/mol. The van der Waals surface area contributed by atoms with E-state index < -0.39 is 0 Å². The summed E-state index contributed by atoms with van der Waals surface area (Å²) in [5.74, 6) is 1.36. The van der Waals surface area contributed by atoms with Crippen molar-refractivity contribution in [3.05, 3.63) is 35.3 Å². The predicted molar refractivity (Wildman–Crippen MR) is 159 cm³/mol. The fourth-order valence-corrected chi connectivity index (χ4v) is 6.13. The van der Waals surface area contributed by atoms with E-state index in [1.165, 1.54) is 18.5 Å². The van der Waals surface area contributed by atoms with Crippen LogP contribution in [0.25, 0.3) is 11.3 Å². The van der Waals surface area contributed by atoms with Gasteiger partial charge in [-0.2, -0.15) is 5.10 Å². The van der Waals surface area contributed by atoms with Gasteiger partial charge in [-0.3, -0.25) is 9.48 Å². The molecule has 2 saturated carbocycles. The molecule has 0 saturated heterocycles. The Morgan fingerprint density at radius 1 is 1.02 bits per heavy atom. The van der Waals surface area contributed by atoms with Crippen LogP contribution in [0, 0.1) is 5.92 Å². The van der Waals surface area contributed by atoms with Gasteiger partial charge in [-0.25, -0.2) is 9.97 Å². The van der Waals surface area contributed by atoms with Crippen molar-refractivity contribution in [1.82, 2.24) is 25.1 Å². The van der Waals surface area contributed by atoms with E-state index in [1.54, 1.807) is 6.20 Å². The molecule has 0 amide bonds. The highest BCUT2D eigenvalue weighted by atomic mass is 35.5. The topological polar surface area (TPSA) is 94.0 Å². The molecule has 9 heteroatoms. The smallest absolute Gasteiger partial charge is 0.306 e. The highest BCUT2D eigenvalue weighted by Crippen LogP contribution is 2.37. The van der Waals surface area contributed by atoms with Gasteiger partial charge < -0.3 is 15.4 Å². The number of nitrogens with zero attached hydrogens (tertiary/aromatic N) is 4. The Morgan fingerprint density at radius 3 is 2.65 bits per heavy atom. The number of ether oxygens (including phenoxy) is 1. The molecular weight excluding hydrogens is 524 g/mol. The van der Waals surface area contributed by atoms with Gasteiger partial charge in [-0.15, -0.1) is 0 Å². The summed E-state index contributed by atoms with van der Waals surface area (Å²) in [4.78, 5) is 21.6. The number of hydrogen-bond acceptors (Lipinski definition) is 7. The van der Waals surface area contributed by atoms with Gasteiger partial charge in [-0.1, -0.05) is 23.8 Å². The number of aromatic nitrogens is 4. The van der Waals surface area contributed by atoms with Gasteiger partial charge >= 0.3 is 5.97 Å². The molecule has 2 heterocycles. The number of aryl methyl sites for hydroxylation is 1. The number of carbonyl (C=O) groups is 1. The van der Waals surface area contributed by atoms with E-state index in [1.807, 2.05) is 17.9 Å². The number of nitrogens with one attached hydrogen (secondary N) is 2. The quantitative estimate of drug-likeness (QED) is 0.174. The van der Waals surface area contributed by atoms with Crippen molar-refractivity contribution in [2.45, 2.75) is 114 Å². The van der Waals surface area contributed by atoms with Crippen molar-refractivity contribution in [1.29, 1.82) is 0 Å². The summed E-state index contributed by atoms with van der Waals surface area (Å²) in [6, 6.07) is 0.875. The lowest BCUT2D eigenvalue weighted by atomic mass is 9.91. The standard InChI is InChI=1S/C31H45ClN6O2/c1-38-28(19-22-12-13-22)26(20-35-38)30-27(32)21-34-31(37-30)36-24-16-14-23(15-17-24)33-18-8-7-11-29(39)40-25-9-5-3-2-4-6-10-25/h2-3,20-25,33H,4-19H2,1H3,(H,34,36,37)/b3-2-. The lowest BCUT2D eigenvalue weighted by Crippen LogP contribution is -2.37. The Balaban J connectivity index is 1.00. The normalized spacial score (nSPS) is 24.2.